The molecule has 0 bridgehead atoms. The topological polar surface area (TPSA) is 128 Å². The molecule has 0 aliphatic carbocycles. The van der Waals surface area contributed by atoms with Gasteiger partial charge in [0.1, 0.15) is 23.8 Å². The van der Waals surface area contributed by atoms with Crippen molar-refractivity contribution in [2.24, 2.45) is 5.10 Å². The molecule has 1 N–H and O–H groups in total. The molecule has 11 heteroatoms. The number of sulfonamides is 1. The predicted octanol–water partition coefficient (Wildman–Crippen LogP) is 5.18. The third kappa shape index (κ3) is 7.24. The van der Waals surface area contributed by atoms with Gasteiger partial charge in [-0.2, -0.15) is 5.10 Å². The Bertz CT molecular complexity index is 1660. The number of aryl methyl sites for hydroxylation is 1. The second-order valence-corrected chi connectivity index (χ2v) is 10.9. The number of esters is 1. The summed E-state index contributed by atoms with van der Waals surface area (Å²) in [7, 11) is -4.13. The lowest BCUT2D eigenvalue weighted by atomic mass is 10.1. The van der Waals surface area contributed by atoms with Crippen molar-refractivity contribution in [3.05, 3.63) is 102 Å². The van der Waals surface area contributed by atoms with Gasteiger partial charge in [-0.1, -0.05) is 42.0 Å². The molecule has 0 atom stereocenters. The largest absolute Gasteiger partial charge is 0.492 e. The van der Waals surface area contributed by atoms with Crippen LogP contribution in [0.1, 0.15) is 35.5 Å². The minimum Gasteiger partial charge on any atom is -0.492 e. The lowest BCUT2D eigenvalue weighted by Gasteiger charge is -2.25. The van der Waals surface area contributed by atoms with Gasteiger partial charge in [0.15, 0.2) is 0 Å². The Morgan fingerprint density at radius 1 is 0.929 bits per heavy atom. The van der Waals surface area contributed by atoms with E-state index in [0.717, 1.165) is 15.4 Å². The van der Waals surface area contributed by atoms with Gasteiger partial charge >= 0.3 is 5.97 Å². The second-order valence-electron chi connectivity index (χ2n) is 9.02. The number of rotatable bonds is 12. The number of anilines is 1. The standard InChI is InChI=1S/C31H31N3O7S/c1-4-39-29-9-7-6-8-27(29)34(42(37,38)26-17-10-22(3)11-18-26)21-30(35)33-32-20-25-16-19-28(41-25)23-12-14-24(15-13-23)31(36)40-5-2/h6-20H,4-5,21H2,1-3H3,(H,33,35)/b32-20-. The first kappa shape index (κ1) is 30.1. The van der Waals surface area contributed by atoms with Crippen LogP contribution in [0.5, 0.6) is 5.75 Å². The van der Waals surface area contributed by atoms with E-state index < -0.39 is 28.4 Å². The first-order chi connectivity index (χ1) is 20.2. The number of hydrogen-bond donors (Lipinski definition) is 1. The smallest absolute Gasteiger partial charge is 0.338 e. The minimum atomic E-state index is -4.13. The summed E-state index contributed by atoms with van der Waals surface area (Å²) < 4.78 is 44.8. The molecule has 0 spiro atoms. The second kappa shape index (κ2) is 13.6. The molecule has 10 nitrogen and oxygen atoms in total. The molecule has 0 unspecified atom stereocenters. The summed E-state index contributed by atoms with van der Waals surface area (Å²) in [6.45, 7) is 5.44. The number of nitrogens with one attached hydrogen (secondary N) is 1. The highest BCUT2D eigenvalue weighted by Crippen LogP contribution is 2.32. The summed E-state index contributed by atoms with van der Waals surface area (Å²) in [5.41, 5.74) is 4.66. The molecular formula is C31H31N3O7S. The van der Waals surface area contributed by atoms with E-state index in [9.17, 15) is 18.0 Å². The van der Waals surface area contributed by atoms with Crippen LogP contribution in [0.25, 0.3) is 11.3 Å². The molecule has 218 valence electrons. The first-order valence-corrected chi connectivity index (χ1v) is 14.7. The van der Waals surface area contributed by atoms with Crippen LogP contribution in [0.15, 0.2) is 99.3 Å². The Labute approximate surface area is 244 Å². The Morgan fingerprint density at radius 2 is 1.64 bits per heavy atom. The van der Waals surface area contributed by atoms with E-state index in [4.69, 9.17) is 13.9 Å². The zero-order valence-corrected chi connectivity index (χ0v) is 24.3. The van der Waals surface area contributed by atoms with Gasteiger partial charge in [-0.3, -0.25) is 9.10 Å². The Morgan fingerprint density at radius 3 is 2.33 bits per heavy atom. The van der Waals surface area contributed by atoms with Crippen LogP contribution >= 0.6 is 0 Å². The van der Waals surface area contributed by atoms with E-state index in [1.165, 1.54) is 18.3 Å². The highest BCUT2D eigenvalue weighted by atomic mass is 32.2. The Hall–Kier alpha value is -4.90. The number of ether oxygens (including phenoxy) is 2. The van der Waals surface area contributed by atoms with Gasteiger partial charge in [0, 0.05) is 5.56 Å². The molecule has 0 radical (unpaired) electrons. The number of carbonyl (C=O) groups excluding carboxylic acids is 2. The van der Waals surface area contributed by atoms with Gasteiger partial charge in [0.05, 0.1) is 35.6 Å². The van der Waals surface area contributed by atoms with Crippen LogP contribution in [0.3, 0.4) is 0 Å². The van der Waals surface area contributed by atoms with E-state index in [0.29, 0.717) is 36.0 Å². The predicted molar refractivity (Wildman–Crippen MR) is 159 cm³/mol. The van der Waals surface area contributed by atoms with E-state index in [1.54, 1.807) is 86.6 Å². The molecule has 4 rings (SSSR count). The first-order valence-electron chi connectivity index (χ1n) is 13.2. The molecule has 4 aromatic rings. The van der Waals surface area contributed by atoms with Crippen molar-refractivity contribution < 1.29 is 31.9 Å². The SMILES string of the molecule is CCOC(=O)c1ccc(-c2ccc(/C=N\NC(=O)CN(c3ccccc3OCC)S(=O)(=O)c3ccc(C)cc3)o2)cc1. The molecule has 0 fully saturated rings. The van der Waals surface area contributed by atoms with Crippen LogP contribution < -0.4 is 14.5 Å². The van der Waals surface area contributed by atoms with E-state index in [2.05, 4.69) is 10.5 Å². The fourth-order valence-electron chi connectivity index (χ4n) is 3.97. The van der Waals surface area contributed by atoms with Gasteiger partial charge in [-0.25, -0.2) is 18.6 Å². The van der Waals surface area contributed by atoms with Crippen molar-refractivity contribution in [3.63, 3.8) is 0 Å². The lowest BCUT2D eigenvalue weighted by Crippen LogP contribution is -2.39. The number of benzene rings is 3. The highest BCUT2D eigenvalue weighted by molar-refractivity contribution is 7.92. The average Bonchev–Trinajstić information content (AvgIpc) is 3.46. The molecule has 0 saturated carbocycles. The zero-order chi connectivity index (χ0) is 30.1. The molecule has 1 heterocycles. The van der Waals surface area contributed by atoms with Gasteiger partial charge in [0.2, 0.25) is 0 Å². The number of nitrogens with zero attached hydrogens (tertiary/aromatic N) is 2. The molecule has 0 aliphatic rings. The van der Waals surface area contributed by atoms with Crippen molar-refractivity contribution in [1.29, 1.82) is 0 Å². The van der Waals surface area contributed by atoms with Crippen LogP contribution in [0.4, 0.5) is 5.69 Å². The van der Waals surface area contributed by atoms with Gasteiger partial charge in [-0.05, 0) is 69.3 Å². The molecule has 3 aromatic carbocycles. The third-order valence-electron chi connectivity index (χ3n) is 6.02. The van der Waals surface area contributed by atoms with Crippen molar-refractivity contribution in [1.82, 2.24) is 5.43 Å². The van der Waals surface area contributed by atoms with Crippen LogP contribution in [-0.2, 0) is 19.6 Å². The number of hydrogen-bond acceptors (Lipinski definition) is 8. The average molecular weight is 590 g/mol. The quantitative estimate of drug-likeness (QED) is 0.137. The Balaban J connectivity index is 1.49. The summed E-state index contributed by atoms with van der Waals surface area (Å²) in [5.74, 6) is 0.130. The monoisotopic (exact) mass is 589 g/mol. The van der Waals surface area contributed by atoms with Gasteiger partial charge in [-0.15, -0.1) is 0 Å². The van der Waals surface area contributed by atoms with Crippen molar-refractivity contribution in [2.45, 2.75) is 25.7 Å². The summed E-state index contributed by atoms with van der Waals surface area (Å²) in [6.07, 6.45) is 1.31. The molecule has 1 aromatic heterocycles. The number of furan rings is 1. The zero-order valence-electron chi connectivity index (χ0n) is 23.4. The van der Waals surface area contributed by atoms with Crippen LogP contribution in [0, 0.1) is 6.92 Å². The summed E-state index contributed by atoms with van der Waals surface area (Å²) >= 11 is 0. The molecule has 0 aliphatic heterocycles. The maximum absolute atomic E-state index is 13.7. The fraction of sp³-hybridized carbons (Fsp3) is 0.194. The lowest BCUT2D eigenvalue weighted by molar-refractivity contribution is -0.119. The maximum Gasteiger partial charge on any atom is 0.338 e. The maximum atomic E-state index is 13.7. The van der Waals surface area contributed by atoms with E-state index in [1.807, 2.05) is 6.92 Å². The van der Waals surface area contributed by atoms with E-state index >= 15 is 0 Å². The summed E-state index contributed by atoms with van der Waals surface area (Å²) in [6, 6.07) is 23.1. The summed E-state index contributed by atoms with van der Waals surface area (Å²) in [5, 5.41) is 3.95. The van der Waals surface area contributed by atoms with Gasteiger partial charge < -0.3 is 13.9 Å². The van der Waals surface area contributed by atoms with Crippen LogP contribution in [-0.4, -0.2) is 46.3 Å². The summed E-state index contributed by atoms with van der Waals surface area (Å²) in [4.78, 5) is 24.8. The van der Waals surface area contributed by atoms with Crippen molar-refractivity contribution in [2.75, 3.05) is 24.1 Å². The Kier molecular flexibility index (Phi) is 9.77. The van der Waals surface area contributed by atoms with Crippen molar-refractivity contribution in [3.8, 4) is 17.1 Å². The number of para-hydroxylation sites is 2. The van der Waals surface area contributed by atoms with Crippen molar-refractivity contribution >= 4 is 33.8 Å². The van der Waals surface area contributed by atoms with Crippen LogP contribution in [0.2, 0.25) is 0 Å². The highest BCUT2D eigenvalue weighted by Gasteiger charge is 2.29. The minimum absolute atomic E-state index is 0.0362. The normalized spacial score (nSPS) is 11.3. The molecule has 42 heavy (non-hydrogen) atoms. The number of amides is 1. The third-order valence-corrected chi connectivity index (χ3v) is 7.79. The number of carbonyl (C=O) groups is 2. The van der Waals surface area contributed by atoms with Gasteiger partial charge in [0.25, 0.3) is 15.9 Å². The van der Waals surface area contributed by atoms with E-state index in [-0.39, 0.29) is 10.6 Å². The fourth-order valence-corrected chi connectivity index (χ4v) is 5.41. The molecule has 0 saturated heterocycles. The molecule has 1 amide bonds. The number of hydrazone groups is 1. The molecular weight excluding hydrogens is 558 g/mol.